The van der Waals surface area contributed by atoms with Crippen molar-refractivity contribution < 1.29 is 14.3 Å². The number of piperidine rings is 1. The highest BCUT2D eigenvalue weighted by Gasteiger charge is 2.37. The summed E-state index contributed by atoms with van der Waals surface area (Å²) >= 11 is 0. The van der Waals surface area contributed by atoms with Crippen LogP contribution in [0.5, 0.6) is 5.75 Å². The van der Waals surface area contributed by atoms with Crippen molar-refractivity contribution >= 4 is 17.2 Å². The van der Waals surface area contributed by atoms with E-state index in [1.165, 1.54) is 5.56 Å². The molecule has 0 radical (unpaired) electrons. The lowest BCUT2D eigenvalue weighted by Crippen LogP contribution is -2.58. The number of ether oxygens (including phenoxy) is 2. The van der Waals surface area contributed by atoms with Crippen LogP contribution in [0.3, 0.4) is 0 Å². The molecule has 0 aliphatic carbocycles. The van der Waals surface area contributed by atoms with Crippen LogP contribution in [0.4, 0.5) is 5.82 Å². The molecular weight excluding hydrogens is 504 g/mol. The number of hydrogen-bond donors (Lipinski definition) is 1. The number of carbonyl (C=O) groups is 1. The zero-order valence-corrected chi connectivity index (χ0v) is 23.1. The summed E-state index contributed by atoms with van der Waals surface area (Å²) in [7, 11) is 1.55. The number of benzene rings is 1. The number of pyridine rings is 2. The maximum absolute atomic E-state index is 12.8. The minimum absolute atomic E-state index is 0.0911. The Morgan fingerprint density at radius 1 is 1.18 bits per heavy atom. The van der Waals surface area contributed by atoms with Gasteiger partial charge in [-0.2, -0.15) is 10.4 Å². The van der Waals surface area contributed by atoms with Gasteiger partial charge in [0.2, 0.25) is 5.91 Å². The molecule has 1 amide bonds. The molecule has 5 rings (SSSR count). The largest absolute Gasteiger partial charge is 0.492 e. The van der Waals surface area contributed by atoms with E-state index < -0.39 is 6.10 Å². The van der Waals surface area contributed by atoms with Crippen LogP contribution < -0.4 is 15.0 Å². The summed E-state index contributed by atoms with van der Waals surface area (Å²) < 4.78 is 12.7. The van der Waals surface area contributed by atoms with E-state index in [2.05, 4.69) is 33.5 Å². The second kappa shape index (κ2) is 11.8. The number of nitriles is 1. The zero-order chi connectivity index (χ0) is 28.1. The normalized spacial score (nSPS) is 15.4. The first-order valence-corrected chi connectivity index (χ1v) is 13.6. The van der Waals surface area contributed by atoms with Gasteiger partial charge < -0.3 is 19.7 Å². The van der Waals surface area contributed by atoms with E-state index in [0.717, 1.165) is 54.8 Å². The second-order valence-electron chi connectivity index (χ2n) is 10.2. The predicted molar refractivity (Wildman–Crippen MR) is 153 cm³/mol. The third-order valence-electron chi connectivity index (χ3n) is 7.62. The smallest absolute Gasteiger partial charge is 0.249 e. The molecule has 40 heavy (non-hydrogen) atoms. The van der Waals surface area contributed by atoms with Crippen LogP contribution in [0.1, 0.15) is 37.8 Å². The van der Waals surface area contributed by atoms with Gasteiger partial charge in [-0.1, -0.05) is 30.3 Å². The lowest BCUT2D eigenvalue weighted by molar-refractivity contribution is -0.132. The number of rotatable bonds is 9. The lowest BCUT2D eigenvalue weighted by Gasteiger charge is -2.43. The first kappa shape index (κ1) is 27.2. The van der Waals surface area contributed by atoms with Crippen LogP contribution in [0.15, 0.2) is 67.1 Å². The predicted octanol–water partition coefficient (Wildman–Crippen LogP) is 4.40. The number of methoxy groups -OCH3 is 1. The molecule has 0 saturated carbocycles. The van der Waals surface area contributed by atoms with E-state index in [9.17, 15) is 10.1 Å². The molecule has 3 aromatic heterocycles. The summed E-state index contributed by atoms with van der Waals surface area (Å²) in [6, 6.07) is 18.5. The van der Waals surface area contributed by atoms with Gasteiger partial charge in [-0.05, 0) is 56.9 Å². The summed E-state index contributed by atoms with van der Waals surface area (Å²) in [5, 5.41) is 17.3. The van der Waals surface area contributed by atoms with Crippen LogP contribution in [-0.2, 0) is 16.0 Å². The van der Waals surface area contributed by atoms with Gasteiger partial charge in [-0.25, -0.2) is 9.50 Å². The minimum atomic E-state index is -0.509. The summed E-state index contributed by atoms with van der Waals surface area (Å²) in [4.78, 5) is 19.9. The van der Waals surface area contributed by atoms with E-state index in [4.69, 9.17) is 14.5 Å². The van der Waals surface area contributed by atoms with Crippen molar-refractivity contribution in [3.63, 3.8) is 0 Å². The maximum Gasteiger partial charge on any atom is 0.249 e. The van der Waals surface area contributed by atoms with Gasteiger partial charge in [-0.15, -0.1) is 0 Å². The molecule has 1 saturated heterocycles. The van der Waals surface area contributed by atoms with Crippen molar-refractivity contribution in [2.75, 3.05) is 31.7 Å². The molecule has 1 aromatic carbocycles. The number of amides is 1. The summed E-state index contributed by atoms with van der Waals surface area (Å²) in [5.74, 6) is 1.46. The number of hydrogen-bond acceptors (Lipinski definition) is 7. The molecular formula is C31H34N6O3. The summed E-state index contributed by atoms with van der Waals surface area (Å²) in [5.41, 5.74) is 3.78. The van der Waals surface area contributed by atoms with Gasteiger partial charge in [0.25, 0.3) is 0 Å². The Kier molecular flexibility index (Phi) is 7.99. The standard InChI is InChI=1S/C31H34N6O3/c1-4-40-26-16-27(29-25(18-32)20-34-37(29)21-26)24-10-11-28(33-19-24)36-14-12-31(13-15-36,35-30(38)22(2)39-3)17-23-8-6-5-7-9-23/h5-11,16,19-22H,4,12-15,17H2,1-3H3,(H,35,38). The molecule has 206 valence electrons. The van der Waals surface area contributed by atoms with Gasteiger partial charge in [-0.3, -0.25) is 4.79 Å². The van der Waals surface area contributed by atoms with Crippen LogP contribution in [-0.4, -0.2) is 59.0 Å². The molecule has 9 nitrogen and oxygen atoms in total. The van der Waals surface area contributed by atoms with Crippen molar-refractivity contribution in [3.8, 4) is 22.9 Å². The number of aromatic nitrogens is 3. The van der Waals surface area contributed by atoms with Gasteiger partial charge in [0.1, 0.15) is 23.7 Å². The third kappa shape index (κ3) is 5.63. The Bertz CT molecular complexity index is 1500. The summed E-state index contributed by atoms with van der Waals surface area (Å²) in [6.07, 6.45) is 7.00. The van der Waals surface area contributed by atoms with Crippen LogP contribution in [0.25, 0.3) is 16.6 Å². The SMILES string of the molecule is CCOc1cc(-c2ccc(N3CCC(Cc4ccccc4)(NC(=O)C(C)OC)CC3)nc2)c2c(C#N)cnn2c1. The van der Waals surface area contributed by atoms with Crippen molar-refractivity contribution in [2.24, 2.45) is 0 Å². The number of nitrogens with one attached hydrogen (secondary N) is 1. The minimum Gasteiger partial charge on any atom is -0.492 e. The molecule has 4 aromatic rings. The molecule has 1 aliphatic heterocycles. The van der Waals surface area contributed by atoms with Gasteiger partial charge in [0.15, 0.2) is 0 Å². The lowest BCUT2D eigenvalue weighted by atomic mass is 9.81. The Balaban J connectivity index is 1.37. The molecule has 0 bridgehead atoms. The van der Waals surface area contributed by atoms with Gasteiger partial charge >= 0.3 is 0 Å². The first-order chi connectivity index (χ1) is 19.4. The van der Waals surface area contributed by atoms with E-state index in [1.54, 1.807) is 30.9 Å². The quantitative estimate of drug-likeness (QED) is 0.337. The van der Waals surface area contributed by atoms with E-state index >= 15 is 0 Å². The van der Waals surface area contributed by atoms with E-state index in [1.807, 2.05) is 49.5 Å². The topological polar surface area (TPSA) is 105 Å². The molecule has 4 heterocycles. The number of carbonyl (C=O) groups excluding carboxylic acids is 1. The van der Waals surface area contributed by atoms with Crippen molar-refractivity contribution in [1.82, 2.24) is 19.9 Å². The molecule has 1 aliphatic rings. The Hall–Kier alpha value is -4.42. The molecule has 0 spiro atoms. The summed E-state index contributed by atoms with van der Waals surface area (Å²) in [6.45, 7) is 5.74. The average Bonchev–Trinajstić information content (AvgIpc) is 3.40. The monoisotopic (exact) mass is 538 g/mol. The maximum atomic E-state index is 12.8. The van der Waals surface area contributed by atoms with Crippen molar-refractivity contribution in [1.29, 1.82) is 5.26 Å². The fourth-order valence-electron chi connectivity index (χ4n) is 5.34. The Labute approximate surface area is 234 Å². The Morgan fingerprint density at radius 2 is 1.95 bits per heavy atom. The highest BCUT2D eigenvalue weighted by Crippen LogP contribution is 2.33. The molecule has 1 unspecified atom stereocenters. The first-order valence-electron chi connectivity index (χ1n) is 13.6. The molecule has 1 fully saturated rings. The zero-order valence-electron chi connectivity index (χ0n) is 23.1. The average molecular weight is 539 g/mol. The number of fused-ring (bicyclic) bond motifs is 1. The van der Waals surface area contributed by atoms with Crippen LogP contribution in [0.2, 0.25) is 0 Å². The van der Waals surface area contributed by atoms with Crippen LogP contribution >= 0.6 is 0 Å². The molecule has 1 atom stereocenters. The third-order valence-corrected chi connectivity index (χ3v) is 7.62. The van der Waals surface area contributed by atoms with Crippen LogP contribution in [0, 0.1) is 11.3 Å². The van der Waals surface area contributed by atoms with Gasteiger partial charge in [0.05, 0.1) is 30.1 Å². The van der Waals surface area contributed by atoms with E-state index in [-0.39, 0.29) is 11.4 Å². The highest BCUT2D eigenvalue weighted by molar-refractivity contribution is 5.85. The van der Waals surface area contributed by atoms with Gasteiger partial charge in [0, 0.05) is 43.1 Å². The number of nitrogens with zero attached hydrogens (tertiary/aromatic N) is 5. The second-order valence-corrected chi connectivity index (χ2v) is 10.2. The fraction of sp³-hybridized carbons (Fsp3) is 0.355. The molecule has 9 heteroatoms. The molecule has 1 N–H and O–H groups in total. The van der Waals surface area contributed by atoms with E-state index in [0.29, 0.717) is 17.9 Å². The number of anilines is 1. The highest BCUT2D eigenvalue weighted by atomic mass is 16.5. The van der Waals surface area contributed by atoms with Crippen molar-refractivity contribution in [3.05, 3.63) is 78.2 Å². The fourth-order valence-corrected chi connectivity index (χ4v) is 5.34. The van der Waals surface area contributed by atoms with Crippen molar-refractivity contribution in [2.45, 2.75) is 44.8 Å². The Morgan fingerprint density at radius 3 is 2.60 bits per heavy atom.